The summed E-state index contributed by atoms with van der Waals surface area (Å²) in [6.45, 7) is 7.77. The lowest BCUT2D eigenvalue weighted by molar-refractivity contribution is -0.171. The number of esters is 1. The molecule has 0 N–H and O–H groups in total. The zero-order valence-corrected chi connectivity index (χ0v) is 17.0. The number of morpholine rings is 1. The highest BCUT2D eigenvalue weighted by molar-refractivity contribution is 6.30. The Kier molecular flexibility index (Phi) is 6.57. The lowest BCUT2D eigenvalue weighted by Crippen LogP contribution is -2.57. The molecular formula is C22H26ClNO4. The van der Waals surface area contributed by atoms with Crippen molar-refractivity contribution < 1.29 is 19.1 Å². The first-order valence-electron chi connectivity index (χ1n) is 9.65. The van der Waals surface area contributed by atoms with Gasteiger partial charge in [-0.25, -0.2) is 4.79 Å². The standard InChI is InChI=1S/C22H26ClNO4/c1-4-14(5-2)21-19(15-9-11-17(23)12-10-15)24(18(25)13-28-21)20(16-7-8-16)22(26)27-6-3/h4-5,9-12,16,19-21H,1,6-8,13H2,2-3H3. The van der Waals surface area contributed by atoms with Crippen LogP contribution < -0.4 is 0 Å². The Morgan fingerprint density at radius 1 is 1.39 bits per heavy atom. The second kappa shape index (κ2) is 8.93. The molecule has 1 aromatic carbocycles. The highest BCUT2D eigenvalue weighted by Gasteiger charge is 2.50. The quantitative estimate of drug-likeness (QED) is 0.508. The van der Waals surface area contributed by atoms with Crippen LogP contribution in [0.1, 0.15) is 38.3 Å². The molecule has 0 bridgehead atoms. The molecular weight excluding hydrogens is 378 g/mol. The van der Waals surface area contributed by atoms with Crippen molar-refractivity contribution in [2.24, 2.45) is 5.92 Å². The van der Waals surface area contributed by atoms with Gasteiger partial charge in [-0.3, -0.25) is 4.79 Å². The summed E-state index contributed by atoms with van der Waals surface area (Å²) in [5, 5.41) is 0.606. The highest BCUT2D eigenvalue weighted by Crippen LogP contribution is 2.43. The predicted molar refractivity (Wildman–Crippen MR) is 108 cm³/mol. The zero-order chi connectivity index (χ0) is 20.3. The Bertz CT molecular complexity index is 769. The number of hydrogen-bond donors (Lipinski definition) is 0. The smallest absolute Gasteiger partial charge is 0.329 e. The van der Waals surface area contributed by atoms with E-state index in [0.717, 1.165) is 24.0 Å². The van der Waals surface area contributed by atoms with Gasteiger partial charge in [-0.1, -0.05) is 42.5 Å². The number of benzene rings is 1. The van der Waals surface area contributed by atoms with Gasteiger partial charge in [-0.15, -0.1) is 0 Å². The summed E-state index contributed by atoms with van der Waals surface area (Å²) in [5.41, 5.74) is 1.73. The minimum atomic E-state index is -0.609. The van der Waals surface area contributed by atoms with E-state index in [4.69, 9.17) is 21.1 Å². The molecule has 1 saturated carbocycles. The monoisotopic (exact) mass is 403 g/mol. The fraction of sp³-hybridized carbons (Fsp3) is 0.455. The van der Waals surface area contributed by atoms with Crippen molar-refractivity contribution in [2.45, 2.75) is 44.9 Å². The van der Waals surface area contributed by atoms with Gasteiger partial charge in [-0.05, 0) is 55.9 Å². The summed E-state index contributed by atoms with van der Waals surface area (Å²) in [4.78, 5) is 27.5. The van der Waals surface area contributed by atoms with Crippen LogP contribution in [0.15, 0.2) is 48.6 Å². The van der Waals surface area contributed by atoms with Gasteiger partial charge in [-0.2, -0.15) is 0 Å². The SMILES string of the molecule is C=CC(=CC)C1OCC(=O)N(C(C(=O)OCC)C2CC2)C1c1ccc(Cl)cc1. The number of allylic oxidation sites excluding steroid dienone is 1. The summed E-state index contributed by atoms with van der Waals surface area (Å²) < 4.78 is 11.3. The van der Waals surface area contributed by atoms with Crippen molar-refractivity contribution in [3.05, 3.63) is 59.2 Å². The Balaban J connectivity index is 2.09. The zero-order valence-electron chi connectivity index (χ0n) is 16.3. The minimum Gasteiger partial charge on any atom is -0.464 e. The van der Waals surface area contributed by atoms with Crippen LogP contribution in [0.25, 0.3) is 0 Å². The molecule has 28 heavy (non-hydrogen) atoms. The number of amides is 1. The normalized spacial score (nSPS) is 24.0. The van der Waals surface area contributed by atoms with Crippen molar-refractivity contribution in [1.29, 1.82) is 0 Å². The molecule has 2 aliphatic rings. The van der Waals surface area contributed by atoms with Crippen molar-refractivity contribution >= 4 is 23.5 Å². The Hall–Kier alpha value is -2.11. The average Bonchev–Trinajstić information content (AvgIpc) is 3.51. The third-order valence-corrected chi connectivity index (χ3v) is 5.52. The number of ether oxygens (including phenoxy) is 2. The third kappa shape index (κ3) is 4.15. The molecule has 5 nitrogen and oxygen atoms in total. The van der Waals surface area contributed by atoms with Gasteiger partial charge in [0.1, 0.15) is 18.8 Å². The fourth-order valence-corrected chi connectivity index (χ4v) is 3.93. The Morgan fingerprint density at radius 3 is 2.61 bits per heavy atom. The van der Waals surface area contributed by atoms with E-state index >= 15 is 0 Å². The molecule has 1 aliphatic carbocycles. The molecule has 3 atom stereocenters. The van der Waals surface area contributed by atoms with E-state index in [2.05, 4.69) is 6.58 Å². The van der Waals surface area contributed by atoms with Crippen molar-refractivity contribution in [3.8, 4) is 0 Å². The fourth-order valence-electron chi connectivity index (χ4n) is 3.80. The number of halogens is 1. The Labute approximate surface area is 170 Å². The van der Waals surface area contributed by atoms with E-state index in [1.165, 1.54) is 0 Å². The maximum atomic E-state index is 13.0. The van der Waals surface area contributed by atoms with Crippen LogP contribution in [-0.4, -0.2) is 42.1 Å². The molecule has 1 amide bonds. The first kappa shape index (κ1) is 20.6. The molecule has 0 aromatic heterocycles. The molecule has 1 aliphatic heterocycles. The molecule has 0 spiro atoms. The molecule has 3 rings (SSSR count). The number of rotatable bonds is 7. The second-order valence-electron chi connectivity index (χ2n) is 7.06. The summed E-state index contributed by atoms with van der Waals surface area (Å²) in [5.74, 6) is -0.436. The molecule has 1 heterocycles. The van der Waals surface area contributed by atoms with Gasteiger partial charge in [0.25, 0.3) is 0 Å². The number of hydrogen-bond acceptors (Lipinski definition) is 4. The summed E-state index contributed by atoms with van der Waals surface area (Å²) in [7, 11) is 0. The van der Waals surface area contributed by atoms with Gasteiger partial charge in [0.2, 0.25) is 5.91 Å². The summed E-state index contributed by atoms with van der Waals surface area (Å²) in [6.07, 6.45) is 5.05. The molecule has 3 unspecified atom stereocenters. The van der Waals surface area contributed by atoms with E-state index in [1.807, 2.05) is 25.1 Å². The van der Waals surface area contributed by atoms with Gasteiger partial charge >= 0.3 is 5.97 Å². The van der Waals surface area contributed by atoms with Crippen molar-refractivity contribution in [2.75, 3.05) is 13.2 Å². The van der Waals surface area contributed by atoms with E-state index in [1.54, 1.807) is 30.0 Å². The average molecular weight is 404 g/mol. The first-order valence-corrected chi connectivity index (χ1v) is 10.0. The maximum absolute atomic E-state index is 13.0. The molecule has 6 heteroatoms. The van der Waals surface area contributed by atoms with E-state index in [-0.39, 0.29) is 31.0 Å². The maximum Gasteiger partial charge on any atom is 0.329 e. The van der Waals surface area contributed by atoms with Crippen LogP contribution in [0.3, 0.4) is 0 Å². The van der Waals surface area contributed by atoms with Crippen LogP contribution in [-0.2, 0) is 19.1 Å². The predicted octanol–water partition coefficient (Wildman–Crippen LogP) is 4.08. The van der Waals surface area contributed by atoms with Crippen LogP contribution in [0.5, 0.6) is 0 Å². The lowest BCUT2D eigenvalue weighted by Gasteiger charge is -2.45. The first-order chi connectivity index (χ1) is 13.5. The second-order valence-corrected chi connectivity index (χ2v) is 7.49. The summed E-state index contributed by atoms with van der Waals surface area (Å²) in [6, 6.07) is 6.25. The third-order valence-electron chi connectivity index (χ3n) is 5.27. The van der Waals surface area contributed by atoms with Crippen LogP contribution in [0, 0.1) is 5.92 Å². The number of nitrogens with zero attached hydrogens (tertiary/aromatic N) is 1. The van der Waals surface area contributed by atoms with Gasteiger partial charge in [0.15, 0.2) is 0 Å². The molecule has 1 saturated heterocycles. The largest absolute Gasteiger partial charge is 0.464 e. The molecule has 1 aromatic rings. The van der Waals surface area contributed by atoms with Crippen LogP contribution in [0.2, 0.25) is 5.02 Å². The number of carbonyl (C=O) groups is 2. The van der Waals surface area contributed by atoms with Gasteiger partial charge in [0.05, 0.1) is 12.6 Å². The van der Waals surface area contributed by atoms with E-state index in [0.29, 0.717) is 5.02 Å². The molecule has 2 fully saturated rings. The van der Waals surface area contributed by atoms with Crippen LogP contribution in [0.4, 0.5) is 0 Å². The van der Waals surface area contributed by atoms with Crippen LogP contribution >= 0.6 is 11.6 Å². The van der Waals surface area contributed by atoms with Crippen molar-refractivity contribution in [3.63, 3.8) is 0 Å². The van der Waals surface area contributed by atoms with E-state index in [9.17, 15) is 9.59 Å². The Morgan fingerprint density at radius 2 is 2.07 bits per heavy atom. The lowest BCUT2D eigenvalue weighted by atomic mass is 9.90. The minimum absolute atomic E-state index is 0.0808. The topological polar surface area (TPSA) is 55.8 Å². The molecule has 0 radical (unpaired) electrons. The van der Waals surface area contributed by atoms with E-state index < -0.39 is 18.2 Å². The number of carbonyl (C=O) groups excluding carboxylic acids is 2. The highest BCUT2D eigenvalue weighted by atomic mass is 35.5. The summed E-state index contributed by atoms with van der Waals surface area (Å²) >= 11 is 6.07. The van der Waals surface area contributed by atoms with Crippen molar-refractivity contribution in [1.82, 2.24) is 4.90 Å². The van der Waals surface area contributed by atoms with Gasteiger partial charge < -0.3 is 14.4 Å². The van der Waals surface area contributed by atoms with Gasteiger partial charge in [0, 0.05) is 5.02 Å². The molecule has 150 valence electrons.